The van der Waals surface area contributed by atoms with Crippen molar-refractivity contribution in [1.82, 2.24) is 0 Å². The van der Waals surface area contributed by atoms with Gasteiger partial charge in [0.05, 0.1) is 13.4 Å². The van der Waals surface area contributed by atoms with E-state index in [1.807, 2.05) is 36.4 Å². The van der Waals surface area contributed by atoms with Crippen LogP contribution in [0.15, 0.2) is 60.7 Å². The Bertz CT molecular complexity index is 1250. The van der Waals surface area contributed by atoms with Crippen LogP contribution < -0.4 is 9.46 Å². The van der Waals surface area contributed by atoms with E-state index in [0.717, 1.165) is 52.1 Å². The first-order chi connectivity index (χ1) is 14.3. The molecular formula is C24H22ClNO3S. The van der Waals surface area contributed by atoms with Crippen molar-refractivity contribution in [3.05, 3.63) is 93.5 Å². The lowest BCUT2D eigenvalue weighted by Gasteiger charge is -2.14. The van der Waals surface area contributed by atoms with Crippen LogP contribution >= 0.6 is 11.6 Å². The summed E-state index contributed by atoms with van der Waals surface area (Å²) in [6, 6.07) is 19.5. The Labute approximate surface area is 182 Å². The van der Waals surface area contributed by atoms with Crippen LogP contribution in [0.2, 0.25) is 5.02 Å². The molecule has 0 aromatic heterocycles. The van der Waals surface area contributed by atoms with Gasteiger partial charge in [0, 0.05) is 10.7 Å². The second-order valence-corrected chi connectivity index (χ2v) is 9.57. The number of sulfonamides is 1. The number of hydrogen-bond donors (Lipinski definition) is 1. The maximum absolute atomic E-state index is 11.6. The predicted molar refractivity (Wildman–Crippen MR) is 124 cm³/mol. The van der Waals surface area contributed by atoms with Crippen molar-refractivity contribution in [1.29, 1.82) is 0 Å². The van der Waals surface area contributed by atoms with Gasteiger partial charge >= 0.3 is 0 Å². The van der Waals surface area contributed by atoms with E-state index in [2.05, 4.69) is 29.0 Å². The van der Waals surface area contributed by atoms with E-state index in [9.17, 15) is 8.42 Å². The van der Waals surface area contributed by atoms with Crippen molar-refractivity contribution in [3.63, 3.8) is 0 Å². The summed E-state index contributed by atoms with van der Waals surface area (Å²) < 4.78 is 31.2. The van der Waals surface area contributed by atoms with Gasteiger partial charge in [-0.2, -0.15) is 0 Å². The number of aryl methyl sites for hydroxylation is 2. The largest absolute Gasteiger partial charge is 0.497 e. The lowest BCUT2D eigenvalue weighted by atomic mass is 9.92. The number of hydrogen-bond acceptors (Lipinski definition) is 3. The van der Waals surface area contributed by atoms with Crippen LogP contribution in [-0.2, 0) is 22.9 Å². The van der Waals surface area contributed by atoms with Gasteiger partial charge in [-0.15, -0.1) is 0 Å². The minimum absolute atomic E-state index is 0.534. The van der Waals surface area contributed by atoms with E-state index in [0.29, 0.717) is 5.69 Å². The van der Waals surface area contributed by atoms with E-state index < -0.39 is 10.0 Å². The molecule has 1 N–H and O–H groups in total. The van der Waals surface area contributed by atoms with Crippen LogP contribution in [0.25, 0.3) is 11.6 Å². The Kier molecular flexibility index (Phi) is 5.58. The zero-order chi connectivity index (χ0) is 21.3. The summed E-state index contributed by atoms with van der Waals surface area (Å²) in [5.41, 5.74) is 7.18. The Hall–Kier alpha value is -2.76. The summed E-state index contributed by atoms with van der Waals surface area (Å²) >= 11 is 6.27. The topological polar surface area (TPSA) is 55.4 Å². The molecule has 0 atom stereocenters. The Balaban J connectivity index is 1.89. The number of anilines is 1. The zero-order valence-corrected chi connectivity index (χ0v) is 18.3. The minimum atomic E-state index is -3.34. The number of benzene rings is 3. The molecule has 6 heteroatoms. The molecule has 4 nitrogen and oxygen atoms in total. The molecule has 154 valence electrons. The van der Waals surface area contributed by atoms with Crippen LogP contribution in [0.5, 0.6) is 5.75 Å². The van der Waals surface area contributed by atoms with Gasteiger partial charge in [-0.25, -0.2) is 8.42 Å². The van der Waals surface area contributed by atoms with Gasteiger partial charge in [0.25, 0.3) is 0 Å². The zero-order valence-electron chi connectivity index (χ0n) is 16.8. The number of methoxy groups -OCH3 is 1. The molecule has 0 unspecified atom stereocenters. The van der Waals surface area contributed by atoms with E-state index >= 15 is 0 Å². The van der Waals surface area contributed by atoms with Crippen LogP contribution in [0, 0.1) is 0 Å². The molecule has 0 amide bonds. The maximum atomic E-state index is 11.6. The van der Waals surface area contributed by atoms with Crippen molar-refractivity contribution in [2.75, 3.05) is 18.1 Å². The summed E-state index contributed by atoms with van der Waals surface area (Å²) in [4.78, 5) is 0. The van der Waals surface area contributed by atoms with E-state index in [4.69, 9.17) is 16.3 Å². The Morgan fingerprint density at radius 2 is 1.67 bits per heavy atom. The average molecular weight is 440 g/mol. The molecule has 1 aliphatic carbocycles. The molecule has 0 radical (unpaired) electrons. The van der Waals surface area contributed by atoms with Crippen molar-refractivity contribution in [2.24, 2.45) is 0 Å². The Morgan fingerprint density at radius 3 is 2.37 bits per heavy atom. The third-order valence-electron chi connectivity index (χ3n) is 5.12. The molecule has 0 fully saturated rings. The van der Waals surface area contributed by atoms with Crippen molar-refractivity contribution < 1.29 is 13.2 Å². The van der Waals surface area contributed by atoms with Crippen LogP contribution in [0.3, 0.4) is 0 Å². The molecule has 0 spiro atoms. The number of halogens is 1. The van der Waals surface area contributed by atoms with Crippen LogP contribution in [0.4, 0.5) is 5.69 Å². The van der Waals surface area contributed by atoms with E-state index in [1.54, 1.807) is 13.2 Å². The molecule has 0 saturated heterocycles. The van der Waals surface area contributed by atoms with Gasteiger partial charge in [-0.1, -0.05) is 35.9 Å². The van der Waals surface area contributed by atoms with Gasteiger partial charge in [-0.05, 0) is 88.7 Å². The highest BCUT2D eigenvalue weighted by atomic mass is 35.5. The first kappa shape index (κ1) is 20.5. The number of rotatable bonds is 4. The fourth-order valence-electron chi connectivity index (χ4n) is 3.84. The molecule has 4 rings (SSSR count). The molecule has 0 saturated carbocycles. The minimum Gasteiger partial charge on any atom is -0.497 e. The summed E-state index contributed by atoms with van der Waals surface area (Å²) in [6.45, 7) is 0. The molecular weight excluding hydrogens is 418 g/mol. The van der Waals surface area contributed by atoms with E-state index in [-0.39, 0.29) is 0 Å². The maximum Gasteiger partial charge on any atom is 0.229 e. The number of fused-ring (bicyclic) bond motifs is 2. The second kappa shape index (κ2) is 8.17. The SMILES string of the molecule is COc1ccc2c(c1)CCc1cc(Cl)ccc1/C2=C\c1cccc(NS(C)(=O)=O)c1. The van der Waals surface area contributed by atoms with Gasteiger partial charge in [0.2, 0.25) is 10.0 Å². The predicted octanol–water partition coefficient (Wildman–Crippen LogP) is 5.41. The summed E-state index contributed by atoms with van der Waals surface area (Å²) in [6.07, 6.45) is 5.00. The normalized spacial score (nSPS) is 14.6. The van der Waals surface area contributed by atoms with Crippen LogP contribution in [-0.4, -0.2) is 21.8 Å². The first-order valence-electron chi connectivity index (χ1n) is 9.58. The summed E-state index contributed by atoms with van der Waals surface area (Å²) in [7, 11) is -1.67. The first-order valence-corrected chi connectivity index (χ1v) is 11.8. The highest BCUT2D eigenvalue weighted by Gasteiger charge is 2.19. The van der Waals surface area contributed by atoms with Gasteiger partial charge in [0.1, 0.15) is 5.75 Å². The molecule has 3 aromatic carbocycles. The molecule has 30 heavy (non-hydrogen) atoms. The van der Waals surface area contributed by atoms with Crippen LogP contribution in [0.1, 0.15) is 27.8 Å². The Morgan fingerprint density at radius 1 is 0.967 bits per heavy atom. The van der Waals surface area contributed by atoms with Gasteiger partial charge in [-0.3, -0.25) is 4.72 Å². The molecule has 0 heterocycles. The fraction of sp³-hybridized carbons (Fsp3) is 0.167. The number of nitrogens with one attached hydrogen (secondary N) is 1. The molecule has 0 aliphatic heterocycles. The van der Waals surface area contributed by atoms with Gasteiger partial charge < -0.3 is 4.74 Å². The molecule has 3 aromatic rings. The standard InChI is InChI=1S/C24H22ClNO3S/c1-29-21-9-11-23-18(15-21)7-6-17-14-19(25)8-10-22(17)24(23)13-16-4-3-5-20(12-16)26-30(2,27)28/h3-5,8-15,26H,6-7H2,1-2H3/b24-13+. The molecule has 0 bridgehead atoms. The second-order valence-electron chi connectivity index (χ2n) is 7.38. The summed E-state index contributed by atoms with van der Waals surface area (Å²) in [5.74, 6) is 0.830. The van der Waals surface area contributed by atoms with Crippen molar-refractivity contribution in [3.8, 4) is 5.75 Å². The van der Waals surface area contributed by atoms with Crippen molar-refractivity contribution >= 4 is 39.0 Å². The quantitative estimate of drug-likeness (QED) is 0.591. The highest BCUT2D eigenvalue weighted by molar-refractivity contribution is 7.92. The highest BCUT2D eigenvalue weighted by Crippen LogP contribution is 2.37. The number of ether oxygens (including phenoxy) is 1. The fourth-order valence-corrected chi connectivity index (χ4v) is 4.59. The average Bonchev–Trinajstić information content (AvgIpc) is 2.83. The lowest BCUT2D eigenvalue weighted by molar-refractivity contribution is 0.414. The summed E-state index contributed by atoms with van der Waals surface area (Å²) in [5, 5.41) is 0.719. The lowest BCUT2D eigenvalue weighted by Crippen LogP contribution is -2.09. The smallest absolute Gasteiger partial charge is 0.229 e. The monoisotopic (exact) mass is 439 g/mol. The third-order valence-corrected chi connectivity index (χ3v) is 5.97. The molecule has 1 aliphatic rings. The van der Waals surface area contributed by atoms with E-state index in [1.165, 1.54) is 11.1 Å². The third kappa shape index (κ3) is 4.53. The van der Waals surface area contributed by atoms with Gasteiger partial charge in [0.15, 0.2) is 0 Å². The van der Waals surface area contributed by atoms with Crippen molar-refractivity contribution in [2.45, 2.75) is 12.8 Å².